The van der Waals surface area contributed by atoms with Gasteiger partial charge in [0.25, 0.3) is 0 Å². The van der Waals surface area contributed by atoms with E-state index in [-0.39, 0.29) is 17.5 Å². The fourth-order valence-corrected chi connectivity index (χ4v) is 13.0. The molecule has 0 N–H and O–H groups in total. The Morgan fingerprint density at radius 2 is 1.40 bits per heavy atom. The summed E-state index contributed by atoms with van der Waals surface area (Å²) in [6.45, 7) is 23.0. The van der Waals surface area contributed by atoms with E-state index in [0.29, 0.717) is 45.3 Å². The summed E-state index contributed by atoms with van der Waals surface area (Å²) >= 11 is 0. The topological polar surface area (TPSA) is 26.3 Å². The maximum Gasteiger partial charge on any atom is 0.306 e. The summed E-state index contributed by atoms with van der Waals surface area (Å²) in [4.78, 5) is 13.2. The second kappa shape index (κ2) is 16.0. The number of carbonyl (C=O) groups is 1. The predicted molar refractivity (Wildman–Crippen MR) is 214 cm³/mol. The van der Waals surface area contributed by atoms with Crippen LogP contribution >= 0.6 is 0 Å². The van der Waals surface area contributed by atoms with Crippen LogP contribution in [-0.4, -0.2) is 12.1 Å². The summed E-state index contributed by atoms with van der Waals surface area (Å²) in [5.41, 5.74) is 3.82. The molecule has 4 saturated carbocycles. The molecule has 50 heavy (non-hydrogen) atoms. The van der Waals surface area contributed by atoms with Crippen molar-refractivity contribution in [3.8, 4) is 0 Å². The van der Waals surface area contributed by atoms with Gasteiger partial charge in [-0.1, -0.05) is 130 Å². The molecule has 2 heteroatoms. The lowest BCUT2D eigenvalue weighted by molar-refractivity contribution is -0.212. The van der Waals surface area contributed by atoms with Gasteiger partial charge in [-0.2, -0.15) is 0 Å². The van der Waals surface area contributed by atoms with E-state index >= 15 is 0 Å². The predicted octanol–water partition coefficient (Wildman–Crippen LogP) is 14.5. The van der Waals surface area contributed by atoms with Crippen molar-refractivity contribution in [3.05, 3.63) is 36.0 Å². The fraction of sp³-hybridized carbons (Fsp3) is 0.854. The monoisotopic (exact) mass is 689 g/mol. The van der Waals surface area contributed by atoms with Crippen molar-refractivity contribution in [2.75, 3.05) is 0 Å². The highest BCUT2D eigenvalue weighted by Gasteiger charge is 2.68. The van der Waals surface area contributed by atoms with Crippen LogP contribution in [0.25, 0.3) is 0 Å². The van der Waals surface area contributed by atoms with E-state index in [0.717, 1.165) is 31.6 Å². The molecule has 4 fully saturated rings. The van der Waals surface area contributed by atoms with Crippen molar-refractivity contribution in [1.29, 1.82) is 0 Å². The standard InChI is InChI=1S/C48H80O2/c1-10-11-12-13-14-15-16-17-18-19-20-21-22-23-24-25-42(49)50-41-29-30-46(7)39(44(41,4)5)28-31-48(9)40(46)27-26-37-38-36-43(2,3)32-33-45(38,6)34-35-47(37,48)8/h14-15,17-18,26,38-41H,10-13,16,19-25,27-36H2,1-9H3/b15-14+,18-17+/t38-,39-,40-,41+,45-,46+,47-,48-/m1/s1. The first-order chi connectivity index (χ1) is 23.6. The second-order valence-corrected chi connectivity index (χ2v) is 20.7. The molecule has 5 rings (SSSR count). The Morgan fingerprint density at radius 3 is 2.12 bits per heavy atom. The summed E-state index contributed by atoms with van der Waals surface area (Å²) in [6, 6.07) is 0. The average molecular weight is 689 g/mol. The van der Waals surface area contributed by atoms with Gasteiger partial charge in [0.05, 0.1) is 0 Å². The number of rotatable bonds is 15. The van der Waals surface area contributed by atoms with Crippen LogP contribution in [0.3, 0.4) is 0 Å². The molecular weight excluding hydrogens is 609 g/mol. The van der Waals surface area contributed by atoms with Crippen LogP contribution < -0.4 is 0 Å². The third-order valence-corrected chi connectivity index (χ3v) is 16.6. The van der Waals surface area contributed by atoms with Gasteiger partial charge in [-0.25, -0.2) is 0 Å². The van der Waals surface area contributed by atoms with Gasteiger partial charge < -0.3 is 4.74 Å². The number of hydrogen-bond acceptors (Lipinski definition) is 2. The van der Waals surface area contributed by atoms with E-state index < -0.39 is 0 Å². The molecule has 0 aromatic heterocycles. The van der Waals surface area contributed by atoms with E-state index in [1.807, 2.05) is 5.57 Å². The van der Waals surface area contributed by atoms with Crippen molar-refractivity contribution in [2.45, 2.75) is 210 Å². The molecule has 0 heterocycles. The lowest BCUT2D eigenvalue weighted by atomic mass is 9.33. The van der Waals surface area contributed by atoms with E-state index in [2.05, 4.69) is 92.7 Å². The molecule has 0 amide bonds. The minimum atomic E-state index is 0.0196. The zero-order chi connectivity index (χ0) is 36.3. The quantitative estimate of drug-likeness (QED) is 0.0972. The molecule has 0 aromatic carbocycles. The number of fused-ring (bicyclic) bond motifs is 7. The number of hydrogen-bond donors (Lipinski definition) is 0. The van der Waals surface area contributed by atoms with Crippen molar-refractivity contribution >= 4 is 5.97 Å². The molecule has 8 atom stereocenters. The van der Waals surface area contributed by atoms with Gasteiger partial charge in [0.2, 0.25) is 0 Å². The van der Waals surface area contributed by atoms with E-state index in [1.54, 1.807) is 0 Å². The largest absolute Gasteiger partial charge is 0.462 e. The van der Waals surface area contributed by atoms with E-state index in [9.17, 15) is 4.79 Å². The Bertz CT molecular complexity index is 1230. The Labute approximate surface area is 310 Å². The third kappa shape index (κ3) is 7.96. The van der Waals surface area contributed by atoms with Crippen molar-refractivity contribution < 1.29 is 9.53 Å². The number of ether oxygens (including phenoxy) is 1. The first kappa shape index (κ1) is 39.9. The molecule has 0 unspecified atom stereocenters. The highest BCUT2D eigenvalue weighted by molar-refractivity contribution is 5.69. The van der Waals surface area contributed by atoms with E-state index in [4.69, 9.17) is 4.74 Å². The normalized spacial score (nSPS) is 38.9. The highest BCUT2D eigenvalue weighted by Crippen LogP contribution is 2.75. The molecule has 2 nitrogen and oxygen atoms in total. The van der Waals surface area contributed by atoms with E-state index in [1.165, 1.54) is 109 Å². The Hall–Kier alpha value is -1.31. The van der Waals surface area contributed by atoms with Crippen molar-refractivity contribution in [3.63, 3.8) is 0 Å². The van der Waals surface area contributed by atoms with Crippen molar-refractivity contribution in [1.82, 2.24) is 0 Å². The Morgan fingerprint density at radius 1 is 0.740 bits per heavy atom. The average Bonchev–Trinajstić information content (AvgIpc) is 3.05. The Balaban J connectivity index is 1.09. The van der Waals surface area contributed by atoms with Gasteiger partial charge in [0.1, 0.15) is 6.10 Å². The fourth-order valence-electron chi connectivity index (χ4n) is 13.0. The lowest BCUT2D eigenvalue weighted by Gasteiger charge is -2.71. The maximum atomic E-state index is 13.2. The van der Waals surface area contributed by atoms with Gasteiger partial charge in [-0.3, -0.25) is 4.79 Å². The van der Waals surface area contributed by atoms with Crippen LogP contribution in [0.1, 0.15) is 204 Å². The van der Waals surface area contributed by atoms with Crippen LogP contribution in [-0.2, 0) is 9.53 Å². The minimum Gasteiger partial charge on any atom is -0.462 e. The molecule has 0 spiro atoms. The first-order valence-electron chi connectivity index (χ1n) is 21.8. The SMILES string of the molecule is CCCCC/C=C/C/C=C/CCCCCCCC(=O)O[C@H]1CC[C@@]2(C)[C@H](CC[C@]3(C)[C@@H]2CC=C2[C@H]4CC(C)(C)CC[C@]4(C)CC[C@]23C)C1(C)C. The molecule has 5 aliphatic rings. The lowest BCUT2D eigenvalue weighted by Crippen LogP contribution is -2.64. The van der Waals surface area contributed by atoms with Crippen molar-refractivity contribution in [2.24, 2.45) is 50.2 Å². The number of esters is 1. The molecule has 0 aliphatic heterocycles. The van der Waals surface area contributed by atoms with Crippen LogP contribution in [0.15, 0.2) is 36.0 Å². The van der Waals surface area contributed by atoms with Gasteiger partial charge in [-0.15, -0.1) is 0 Å². The molecule has 5 aliphatic carbocycles. The minimum absolute atomic E-state index is 0.0196. The summed E-state index contributed by atoms with van der Waals surface area (Å²) in [5.74, 6) is 2.14. The van der Waals surface area contributed by atoms with Gasteiger partial charge in [0.15, 0.2) is 0 Å². The zero-order valence-corrected chi connectivity index (χ0v) is 34.6. The molecule has 0 bridgehead atoms. The zero-order valence-electron chi connectivity index (χ0n) is 34.6. The van der Waals surface area contributed by atoms with Crippen LogP contribution in [0.4, 0.5) is 0 Å². The first-order valence-corrected chi connectivity index (χ1v) is 21.8. The van der Waals surface area contributed by atoms with Crippen LogP contribution in [0.5, 0.6) is 0 Å². The molecular formula is C48H80O2. The van der Waals surface area contributed by atoms with Gasteiger partial charge in [-0.05, 0) is 148 Å². The summed E-state index contributed by atoms with van der Waals surface area (Å²) in [6.07, 6.45) is 39.1. The van der Waals surface area contributed by atoms with Crippen LogP contribution in [0.2, 0.25) is 0 Å². The summed E-state index contributed by atoms with van der Waals surface area (Å²) in [7, 11) is 0. The number of allylic oxidation sites excluding steroid dienone is 6. The number of carbonyl (C=O) groups excluding carboxylic acids is 1. The smallest absolute Gasteiger partial charge is 0.306 e. The maximum absolute atomic E-state index is 13.2. The molecule has 284 valence electrons. The van der Waals surface area contributed by atoms with Gasteiger partial charge >= 0.3 is 5.97 Å². The number of unbranched alkanes of at least 4 members (excludes halogenated alkanes) is 8. The summed E-state index contributed by atoms with van der Waals surface area (Å²) < 4.78 is 6.41. The molecule has 0 aromatic rings. The van der Waals surface area contributed by atoms with Gasteiger partial charge in [0, 0.05) is 11.8 Å². The Kier molecular flexibility index (Phi) is 12.7. The summed E-state index contributed by atoms with van der Waals surface area (Å²) in [5, 5.41) is 0. The second-order valence-electron chi connectivity index (χ2n) is 20.7. The third-order valence-electron chi connectivity index (χ3n) is 16.6. The van der Waals surface area contributed by atoms with Crippen LogP contribution in [0, 0.1) is 50.2 Å². The highest BCUT2D eigenvalue weighted by atomic mass is 16.5. The molecule has 0 saturated heterocycles. The molecule has 0 radical (unpaired) electrons.